The van der Waals surface area contributed by atoms with Crippen molar-refractivity contribution < 1.29 is 23.1 Å². The third-order valence-corrected chi connectivity index (χ3v) is 5.74. The zero-order chi connectivity index (χ0) is 19.3. The Hall–Kier alpha value is -2.17. The summed E-state index contributed by atoms with van der Waals surface area (Å²) in [5.41, 5.74) is 0.932. The SMILES string of the molecule is CC(=O)Nc1ccc(S(=O)(=O)Nc2nc(CCCC(=O)O)cs2)cc1Cl. The predicted molar refractivity (Wildman–Crippen MR) is 99.3 cm³/mol. The van der Waals surface area contributed by atoms with Crippen molar-refractivity contribution in [1.29, 1.82) is 0 Å². The minimum atomic E-state index is -3.90. The number of carbonyl (C=O) groups excluding carboxylic acids is 1. The van der Waals surface area contributed by atoms with Crippen molar-refractivity contribution in [2.75, 3.05) is 10.0 Å². The first-order valence-electron chi connectivity index (χ1n) is 7.43. The molecule has 1 aromatic carbocycles. The van der Waals surface area contributed by atoms with Gasteiger partial charge in [-0.15, -0.1) is 11.3 Å². The Morgan fingerprint density at radius 2 is 2.08 bits per heavy atom. The average Bonchev–Trinajstić information content (AvgIpc) is 2.95. The van der Waals surface area contributed by atoms with E-state index in [2.05, 4.69) is 15.0 Å². The van der Waals surface area contributed by atoms with E-state index in [1.165, 1.54) is 25.1 Å². The van der Waals surface area contributed by atoms with E-state index in [0.29, 0.717) is 24.2 Å². The van der Waals surface area contributed by atoms with E-state index in [-0.39, 0.29) is 27.4 Å². The number of benzene rings is 1. The number of aliphatic carboxylic acids is 1. The van der Waals surface area contributed by atoms with Gasteiger partial charge in [-0.1, -0.05) is 11.6 Å². The number of thiazole rings is 1. The normalized spacial score (nSPS) is 11.2. The summed E-state index contributed by atoms with van der Waals surface area (Å²) in [4.78, 5) is 25.6. The first-order valence-corrected chi connectivity index (χ1v) is 10.2. The van der Waals surface area contributed by atoms with Crippen LogP contribution in [0, 0.1) is 0 Å². The molecule has 0 radical (unpaired) electrons. The van der Waals surface area contributed by atoms with Crippen LogP contribution >= 0.6 is 22.9 Å². The Labute approximate surface area is 159 Å². The lowest BCUT2D eigenvalue weighted by atomic mass is 10.2. The van der Waals surface area contributed by atoms with E-state index in [9.17, 15) is 18.0 Å². The van der Waals surface area contributed by atoms with Crippen LogP contribution in [0.5, 0.6) is 0 Å². The van der Waals surface area contributed by atoms with Gasteiger partial charge < -0.3 is 10.4 Å². The molecule has 1 amide bonds. The van der Waals surface area contributed by atoms with E-state index in [1.54, 1.807) is 5.38 Å². The van der Waals surface area contributed by atoms with E-state index in [1.807, 2.05) is 0 Å². The van der Waals surface area contributed by atoms with Crippen LogP contribution in [0.1, 0.15) is 25.5 Å². The van der Waals surface area contributed by atoms with E-state index >= 15 is 0 Å². The van der Waals surface area contributed by atoms with E-state index < -0.39 is 16.0 Å². The van der Waals surface area contributed by atoms with Crippen LogP contribution in [0.3, 0.4) is 0 Å². The summed E-state index contributed by atoms with van der Waals surface area (Å²) < 4.78 is 27.2. The summed E-state index contributed by atoms with van der Waals surface area (Å²) in [5, 5.41) is 13.1. The van der Waals surface area contributed by atoms with Crippen LogP contribution in [0.15, 0.2) is 28.5 Å². The number of sulfonamides is 1. The maximum atomic E-state index is 12.4. The number of nitrogens with zero attached hydrogens (tertiary/aromatic N) is 1. The largest absolute Gasteiger partial charge is 0.481 e. The zero-order valence-electron chi connectivity index (χ0n) is 13.7. The molecule has 0 fully saturated rings. The lowest BCUT2D eigenvalue weighted by Gasteiger charge is -2.09. The molecule has 0 saturated carbocycles. The van der Waals surface area contributed by atoms with E-state index in [0.717, 1.165) is 11.3 Å². The highest BCUT2D eigenvalue weighted by Gasteiger charge is 2.18. The van der Waals surface area contributed by atoms with Crippen molar-refractivity contribution in [3.63, 3.8) is 0 Å². The third-order valence-electron chi connectivity index (χ3n) is 3.16. The van der Waals surface area contributed by atoms with Gasteiger partial charge >= 0.3 is 5.97 Å². The molecule has 2 aromatic rings. The molecule has 1 heterocycles. The minimum Gasteiger partial charge on any atom is -0.481 e. The van der Waals surface area contributed by atoms with Crippen LogP contribution in [0.4, 0.5) is 10.8 Å². The van der Waals surface area contributed by atoms with Crippen molar-refractivity contribution >= 4 is 55.7 Å². The van der Waals surface area contributed by atoms with Gasteiger partial charge in [-0.25, -0.2) is 13.4 Å². The van der Waals surface area contributed by atoms with Crippen molar-refractivity contribution in [2.45, 2.75) is 31.1 Å². The Morgan fingerprint density at radius 3 is 2.69 bits per heavy atom. The number of carboxylic acids is 1. The fraction of sp³-hybridized carbons (Fsp3) is 0.267. The number of amides is 1. The van der Waals surface area contributed by atoms with Crippen molar-refractivity contribution in [1.82, 2.24) is 4.98 Å². The maximum Gasteiger partial charge on any atom is 0.303 e. The second-order valence-electron chi connectivity index (χ2n) is 5.32. The van der Waals surface area contributed by atoms with Crippen molar-refractivity contribution in [2.24, 2.45) is 0 Å². The van der Waals surface area contributed by atoms with Gasteiger partial charge in [-0.3, -0.25) is 14.3 Å². The zero-order valence-corrected chi connectivity index (χ0v) is 16.0. The molecule has 11 heteroatoms. The third kappa shape index (κ3) is 5.68. The molecule has 1 aromatic heterocycles. The summed E-state index contributed by atoms with van der Waals surface area (Å²) in [6.07, 6.45) is 0.894. The maximum absolute atomic E-state index is 12.4. The van der Waals surface area contributed by atoms with Crippen molar-refractivity contribution in [3.05, 3.63) is 34.3 Å². The minimum absolute atomic E-state index is 0.0255. The Kier molecular flexibility index (Phi) is 6.57. The van der Waals surface area contributed by atoms with Gasteiger partial charge in [0.05, 0.1) is 21.3 Å². The molecule has 3 N–H and O–H groups in total. The molecule has 0 saturated heterocycles. The van der Waals surface area contributed by atoms with Crippen molar-refractivity contribution in [3.8, 4) is 0 Å². The molecule has 0 spiro atoms. The molecule has 0 aliphatic heterocycles. The van der Waals surface area contributed by atoms with Gasteiger partial charge in [0.25, 0.3) is 10.0 Å². The number of nitrogens with one attached hydrogen (secondary N) is 2. The van der Waals surface area contributed by atoms with Crippen LogP contribution < -0.4 is 10.0 Å². The quantitative estimate of drug-likeness (QED) is 0.606. The number of rotatable bonds is 8. The summed E-state index contributed by atoms with van der Waals surface area (Å²) in [6.45, 7) is 1.32. The molecule has 2 rings (SSSR count). The molecule has 140 valence electrons. The highest BCUT2D eigenvalue weighted by Crippen LogP contribution is 2.27. The second-order valence-corrected chi connectivity index (χ2v) is 8.27. The van der Waals surface area contributed by atoms with E-state index in [4.69, 9.17) is 16.7 Å². The van der Waals surface area contributed by atoms with Gasteiger partial charge in [0, 0.05) is 18.7 Å². The Morgan fingerprint density at radius 1 is 1.35 bits per heavy atom. The number of anilines is 2. The lowest BCUT2D eigenvalue weighted by molar-refractivity contribution is -0.137. The molecular weight excluding hydrogens is 402 g/mol. The number of carboxylic acid groups (broad SMARTS) is 1. The standard InChI is InChI=1S/C15H16ClN3O5S2/c1-9(20)17-13-6-5-11(7-12(13)16)26(23,24)19-15-18-10(8-25-15)3-2-4-14(21)22/h5-8H,2-4H2,1H3,(H,17,20)(H,18,19)(H,21,22). The first-order chi connectivity index (χ1) is 12.2. The summed E-state index contributed by atoms with van der Waals surface area (Å²) >= 11 is 7.11. The highest BCUT2D eigenvalue weighted by atomic mass is 35.5. The smallest absolute Gasteiger partial charge is 0.303 e. The number of halogens is 1. The number of hydrogen-bond donors (Lipinski definition) is 3. The molecule has 0 unspecified atom stereocenters. The number of hydrogen-bond acceptors (Lipinski definition) is 6. The molecular formula is C15H16ClN3O5S2. The number of aryl methyl sites for hydroxylation is 1. The average molecular weight is 418 g/mol. The van der Waals surface area contributed by atoms with Crippen LogP contribution in [-0.2, 0) is 26.0 Å². The van der Waals surface area contributed by atoms with Gasteiger partial charge in [-0.05, 0) is 31.0 Å². The number of carbonyl (C=O) groups is 2. The molecule has 0 aliphatic rings. The Bertz CT molecular complexity index is 927. The van der Waals surface area contributed by atoms with Crippen LogP contribution in [0.2, 0.25) is 5.02 Å². The predicted octanol–water partition coefficient (Wildman–Crippen LogP) is 2.96. The fourth-order valence-corrected chi connectivity index (χ4v) is 4.33. The van der Waals surface area contributed by atoms with Gasteiger partial charge in [-0.2, -0.15) is 0 Å². The number of aromatic nitrogens is 1. The van der Waals surface area contributed by atoms with Crippen LogP contribution in [0.25, 0.3) is 0 Å². The highest BCUT2D eigenvalue weighted by molar-refractivity contribution is 7.93. The molecule has 8 nitrogen and oxygen atoms in total. The summed E-state index contributed by atoms with van der Waals surface area (Å²) in [6, 6.07) is 3.95. The van der Waals surface area contributed by atoms with Gasteiger partial charge in [0.2, 0.25) is 5.91 Å². The monoisotopic (exact) mass is 417 g/mol. The molecule has 0 atom stereocenters. The molecule has 26 heavy (non-hydrogen) atoms. The Balaban J connectivity index is 2.09. The summed E-state index contributed by atoms with van der Waals surface area (Å²) in [7, 11) is -3.90. The summed E-state index contributed by atoms with van der Waals surface area (Å²) in [5.74, 6) is -1.21. The lowest BCUT2D eigenvalue weighted by Crippen LogP contribution is -2.13. The molecule has 0 aliphatic carbocycles. The molecule has 0 bridgehead atoms. The fourth-order valence-electron chi connectivity index (χ4n) is 2.02. The second kappa shape index (κ2) is 8.47. The van der Waals surface area contributed by atoms with Gasteiger partial charge in [0.15, 0.2) is 5.13 Å². The first kappa shape index (κ1) is 20.1. The topological polar surface area (TPSA) is 125 Å². The van der Waals surface area contributed by atoms with Crippen LogP contribution in [-0.4, -0.2) is 30.4 Å². The van der Waals surface area contributed by atoms with Gasteiger partial charge in [0.1, 0.15) is 0 Å².